The highest BCUT2D eigenvalue weighted by molar-refractivity contribution is 7.89. The van der Waals surface area contributed by atoms with Gasteiger partial charge in [0, 0.05) is 37.1 Å². The van der Waals surface area contributed by atoms with E-state index in [0.29, 0.717) is 30.7 Å². The molecule has 29 heavy (non-hydrogen) atoms. The number of sulfonamides is 1. The molecule has 0 fully saturated rings. The van der Waals surface area contributed by atoms with Crippen LogP contribution < -0.4 is 4.90 Å². The summed E-state index contributed by atoms with van der Waals surface area (Å²) in [4.78, 5) is 2.21. The van der Waals surface area contributed by atoms with E-state index in [1.807, 2.05) is 49.4 Å². The number of anilines is 1. The van der Waals surface area contributed by atoms with E-state index in [1.165, 1.54) is 0 Å². The molecule has 0 spiro atoms. The molecule has 1 atom stereocenters. The number of thiol groups is 1. The molecule has 0 amide bonds. The highest BCUT2D eigenvalue weighted by Crippen LogP contribution is 2.31. The molecule has 0 radical (unpaired) electrons. The lowest BCUT2D eigenvalue weighted by atomic mass is 10.1. The van der Waals surface area contributed by atoms with Crippen molar-refractivity contribution in [2.45, 2.75) is 32.4 Å². The number of hydrogen-bond acceptors (Lipinski definition) is 5. The van der Waals surface area contributed by atoms with Crippen molar-refractivity contribution in [2.75, 3.05) is 29.5 Å². The van der Waals surface area contributed by atoms with E-state index in [2.05, 4.69) is 23.6 Å². The van der Waals surface area contributed by atoms with E-state index in [4.69, 9.17) is 0 Å². The maximum atomic E-state index is 13.2. The van der Waals surface area contributed by atoms with Crippen LogP contribution in [0.5, 0.6) is 0 Å². The molecule has 0 aromatic heterocycles. The number of benzene rings is 2. The third-order valence-corrected chi connectivity index (χ3v) is 7.48. The Kier molecular flexibility index (Phi) is 7.23. The molecule has 0 saturated carbocycles. The second kappa shape index (κ2) is 9.66. The van der Waals surface area contributed by atoms with Crippen molar-refractivity contribution in [1.82, 2.24) is 4.31 Å². The van der Waals surface area contributed by atoms with E-state index < -0.39 is 10.0 Å². The fraction of sp³-hybridized carbons (Fsp3) is 0.409. The first-order valence-corrected chi connectivity index (χ1v) is 12.1. The summed E-state index contributed by atoms with van der Waals surface area (Å²) in [6.07, 6.45) is 1.22. The Labute approximate surface area is 179 Å². The van der Waals surface area contributed by atoms with Gasteiger partial charge in [-0.05, 0) is 42.2 Å². The van der Waals surface area contributed by atoms with Gasteiger partial charge in [-0.15, -0.1) is 0 Å². The van der Waals surface area contributed by atoms with Crippen LogP contribution in [-0.2, 0) is 23.0 Å². The highest BCUT2D eigenvalue weighted by Gasteiger charge is 2.34. The Bertz CT molecular complexity index is 971. The lowest BCUT2D eigenvalue weighted by molar-refractivity contribution is 0.319. The van der Waals surface area contributed by atoms with Crippen molar-refractivity contribution >= 4 is 28.3 Å². The minimum absolute atomic E-state index is 0.123. The maximum Gasteiger partial charge on any atom is 0.214 e. The normalized spacial score (nSPS) is 17.4. The number of nitrogens with zero attached hydrogens (tertiary/aromatic N) is 3. The maximum absolute atomic E-state index is 13.2. The van der Waals surface area contributed by atoms with Gasteiger partial charge in [0.05, 0.1) is 17.4 Å². The molecular weight excluding hydrogens is 402 g/mol. The van der Waals surface area contributed by atoms with Crippen molar-refractivity contribution in [3.63, 3.8) is 0 Å². The molecule has 2 aromatic carbocycles. The number of fused-ring (bicyclic) bond motifs is 1. The first-order chi connectivity index (χ1) is 14.0. The minimum Gasteiger partial charge on any atom is -0.369 e. The van der Waals surface area contributed by atoms with Gasteiger partial charge in [-0.2, -0.15) is 22.2 Å². The molecule has 0 N–H and O–H groups in total. The molecule has 154 valence electrons. The van der Waals surface area contributed by atoms with E-state index in [1.54, 1.807) is 10.4 Å². The van der Waals surface area contributed by atoms with Crippen LogP contribution in [0.25, 0.3) is 0 Å². The van der Waals surface area contributed by atoms with Crippen LogP contribution in [0.1, 0.15) is 30.0 Å². The fourth-order valence-electron chi connectivity index (χ4n) is 3.92. The molecule has 7 heteroatoms. The van der Waals surface area contributed by atoms with E-state index in [0.717, 1.165) is 23.4 Å². The summed E-state index contributed by atoms with van der Waals surface area (Å²) in [6, 6.07) is 17.6. The van der Waals surface area contributed by atoms with Gasteiger partial charge in [0.1, 0.15) is 0 Å². The smallest absolute Gasteiger partial charge is 0.214 e. The Morgan fingerprint density at radius 2 is 1.97 bits per heavy atom. The zero-order valence-corrected chi connectivity index (χ0v) is 18.4. The monoisotopic (exact) mass is 429 g/mol. The minimum atomic E-state index is -3.42. The Morgan fingerprint density at radius 3 is 2.62 bits per heavy atom. The number of hydrogen-bond donors (Lipinski definition) is 1. The van der Waals surface area contributed by atoms with Gasteiger partial charge in [0.2, 0.25) is 10.0 Å². The first kappa shape index (κ1) is 21.7. The summed E-state index contributed by atoms with van der Waals surface area (Å²) in [7, 11) is -3.42. The van der Waals surface area contributed by atoms with Crippen LogP contribution in [0.2, 0.25) is 0 Å². The second-order valence-electron chi connectivity index (χ2n) is 7.33. The Hall–Kier alpha value is -2.01. The largest absolute Gasteiger partial charge is 0.369 e. The van der Waals surface area contributed by atoms with Crippen molar-refractivity contribution in [3.8, 4) is 6.07 Å². The molecule has 3 rings (SSSR count). The molecule has 1 unspecified atom stereocenters. The van der Waals surface area contributed by atoms with E-state index >= 15 is 0 Å². The van der Waals surface area contributed by atoms with Gasteiger partial charge >= 0.3 is 0 Å². The highest BCUT2D eigenvalue weighted by atomic mass is 32.2. The first-order valence-electron chi connectivity index (χ1n) is 9.90. The average Bonchev–Trinajstić information content (AvgIpc) is 2.86. The average molecular weight is 430 g/mol. The molecule has 5 nitrogen and oxygen atoms in total. The number of rotatable bonds is 7. The molecule has 1 heterocycles. The van der Waals surface area contributed by atoms with Crippen LogP contribution in [0.4, 0.5) is 5.69 Å². The Balaban J connectivity index is 2.06. The summed E-state index contributed by atoms with van der Waals surface area (Å²) in [6.45, 7) is 3.48. The van der Waals surface area contributed by atoms with Crippen LogP contribution in [0, 0.1) is 11.3 Å². The molecule has 1 aliphatic rings. The standard InChI is InChI=1S/C22H27N3O2S2/c1-2-12-29(26,27)25-16-20-13-19(15-23)8-9-22(20)24(10-11-28)17-21(25)14-18-6-4-3-5-7-18/h3-9,13,21,28H,2,10-12,14,16-17H2,1H3. The van der Waals surface area contributed by atoms with Gasteiger partial charge in [-0.3, -0.25) is 0 Å². The molecule has 2 aromatic rings. The number of nitriles is 1. The SMILES string of the molecule is CCCS(=O)(=O)N1Cc2cc(C#N)ccc2N(CCS)CC1Cc1ccccc1. The topological polar surface area (TPSA) is 64.4 Å². The summed E-state index contributed by atoms with van der Waals surface area (Å²) in [5, 5.41) is 9.33. The van der Waals surface area contributed by atoms with Crippen molar-refractivity contribution in [1.29, 1.82) is 5.26 Å². The van der Waals surface area contributed by atoms with Crippen molar-refractivity contribution in [3.05, 3.63) is 65.2 Å². The quantitative estimate of drug-likeness (QED) is 0.685. The summed E-state index contributed by atoms with van der Waals surface area (Å²) in [5.41, 5.74) is 3.53. The van der Waals surface area contributed by atoms with Crippen molar-refractivity contribution in [2.24, 2.45) is 0 Å². The summed E-state index contributed by atoms with van der Waals surface area (Å²) in [5.74, 6) is 0.789. The van der Waals surface area contributed by atoms with Crippen LogP contribution in [0.15, 0.2) is 48.5 Å². The summed E-state index contributed by atoms with van der Waals surface area (Å²) >= 11 is 4.41. The van der Waals surface area contributed by atoms with Gasteiger partial charge < -0.3 is 4.90 Å². The predicted octanol–water partition coefficient (Wildman–Crippen LogP) is 3.46. The van der Waals surface area contributed by atoms with Gasteiger partial charge in [-0.1, -0.05) is 37.3 Å². The van der Waals surface area contributed by atoms with E-state index in [-0.39, 0.29) is 18.3 Å². The zero-order chi connectivity index (χ0) is 20.9. The van der Waals surface area contributed by atoms with Crippen LogP contribution in [-0.4, -0.2) is 43.4 Å². The molecule has 1 aliphatic heterocycles. The third-order valence-electron chi connectivity index (χ3n) is 5.22. The van der Waals surface area contributed by atoms with Crippen molar-refractivity contribution < 1.29 is 8.42 Å². The summed E-state index contributed by atoms with van der Waals surface area (Å²) < 4.78 is 28.0. The van der Waals surface area contributed by atoms with Crippen LogP contribution >= 0.6 is 12.6 Å². The second-order valence-corrected chi connectivity index (χ2v) is 9.82. The molecule has 0 saturated heterocycles. The third kappa shape index (κ3) is 5.13. The van der Waals surface area contributed by atoms with Crippen LogP contribution in [0.3, 0.4) is 0 Å². The lowest BCUT2D eigenvalue weighted by Gasteiger charge is -2.32. The predicted molar refractivity (Wildman–Crippen MR) is 121 cm³/mol. The van der Waals surface area contributed by atoms with Gasteiger partial charge in [-0.25, -0.2) is 8.42 Å². The molecular formula is C22H27N3O2S2. The molecule has 0 aliphatic carbocycles. The fourth-order valence-corrected chi connectivity index (χ4v) is 5.84. The molecule has 0 bridgehead atoms. The van der Waals surface area contributed by atoms with Gasteiger partial charge in [0.25, 0.3) is 0 Å². The van der Waals surface area contributed by atoms with Gasteiger partial charge in [0.15, 0.2) is 0 Å². The Morgan fingerprint density at radius 1 is 1.21 bits per heavy atom. The van der Waals surface area contributed by atoms with E-state index in [9.17, 15) is 13.7 Å². The zero-order valence-electron chi connectivity index (χ0n) is 16.7. The lowest BCUT2D eigenvalue weighted by Crippen LogP contribution is -2.46.